The molecule has 0 atom stereocenters. The van der Waals surface area contributed by atoms with Crippen molar-refractivity contribution in [2.24, 2.45) is 0 Å². The van der Waals surface area contributed by atoms with Gasteiger partial charge in [-0.3, -0.25) is 0 Å². The highest BCUT2D eigenvalue weighted by Crippen LogP contribution is 2.27. The van der Waals surface area contributed by atoms with Crippen molar-refractivity contribution in [2.45, 2.75) is 19.3 Å². The first-order valence-electron chi connectivity index (χ1n) is 9.30. The number of anilines is 2. The number of nitrogens with one attached hydrogen (secondary N) is 2. The molecule has 2 amide bonds. The molecule has 2 N–H and O–H groups in total. The Morgan fingerprint density at radius 1 is 1.00 bits per heavy atom. The molecule has 1 fully saturated rings. The average molecular weight is 369 g/mol. The van der Waals surface area contributed by atoms with Crippen molar-refractivity contribution in [3.63, 3.8) is 0 Å². The van der Waals surface area contributed by atoms with E-state index in [1.807, 2.05) is 30.3 Å². The van der Waals surface area contributed by atoms with Crippen LogP contribution in [-0.2, 0) is 6.42 Å². The minimum atomic E-state index is -0.204. The van der Waals surface area contributed by atoms with Gasteiger partial charge in [0.1, 0.15) is 0 Å². The van der Waals surface area contributed by atoms with Crippen LogP contribution in [0.5, 0.6) is 11.5 Å². The molecule has 144 valence electrons. The number of carbonyl (C=O) groups excluding carboxylic acids is 1. The standard InChI is InChI=1S/C21H27N3O3/c1-26-19-10-5-16(15-20(19)27-2)11-12-22-21(25)23-17-6-8-18(9-7-17)24-13-3-4-14-24/h5-10,15H,3-4,11-14H2,1-2H3,(H2,22,23,25). The summed E-state index contributed by atoms with van der Waals surface area (Å²) in [6.45, 7) is 2.76. The van der Waals surface area contributed by atoms with E-state index in [9.17, 15) is 4.79 Å². The van der Waals surface area contributed by atoms with Gasteiger partial charge in [0.25, 0.3) is 0 Å². The molecule has 0 unspecified atom stereocenters. The quantitative estimate of drug-likeness (QED) is 0.782. The van der Waals surface area contributed by atoms with Crippen LogP contribution < -0.4 is 25.0 Å². The monoisotopic (exact) mass is 369 g/mol. The van der Waals surface area contributed by atoms with Gasteiger partial charge in [-0.25, -0.2) is 4.79 Å². The van der Waals surface area contributed by atoms with Crippen LogP contribution in [0.1, 0.15) is 18.4 Å². The predicted molar refractivity (Wildman–Crippen MR) is 108 cm³/mol. The molecule has 3 rings (SSSR count). The average Bonchev–Trinajstić information content (AvgIpc) is 3.23. The van der Waals surface area contributed by atoms with E-state index >= 15 is 0 Å². The molecule has 2 aromatic rings. The third kappa shape index (κ3) is 5.06. The fourth-order valence-corrected chi connectivity index (χ4v) is 3.26. The Bertz CT molecular complexity index is 756. The fourth-order valence-electron chi connectivity index (χ4n) is 3.26. The zero-order valence-corrected chi connectivity index (χ0v) is 16.0. The van der Waals surface area contributed by atoms with Crippen molar-refractivity contribution in [2.75, 3.05) is 44.1 Å². The lowest BCUT2D eigenvalue weighted by Gasteiger charge is -2.17. The molecule has 1 aliphatic heterocycles. The van der Waals surface area contributed by atoms with Crippen LogP contribution >= 0.6 is 0 Å². The normalized spacial score (nSPS) is 13.3. The topological polar surface area (TPSA) is 62.8 Å². The molecule has 6 nitrogen and oxygen atoms in total. The highest BCUT2D eigenvalue weighted by Gasteiger charge is 2.12. The second-order valence-electron chi connectivity index (χ2n) is 6.56. The number of hydrogen-bond acceptors (Lipinski definition) is 4. The van der Waals surface area contributed by atoms with Crippen LogP contribution in [0.4, 0.5) is 16.2 Å². The van der Waals surface area contributed by atoms with Crippen LogP contribution in [0.2, 0.25) is 0 Å². The summed E-state index contributed by atoms with van der Waals surface area (Å²) >= 11 is 0. The van der Waals surface area contributed by atoms with Crippen LogP contribution in [0.15, 0.2) is 42.5 Å². The molecule has 0 aromatic heterocycles. The molecule has 27 heavy (non-hydrogen) atoms. The van der Waals surface area contributed by atoms with Crippen molar-refractivity contribution in [3.8, 4) is 11.5 Å². The third-order valence-corrected chi connectivity index (χ3v) is 4.74. The number of amides is 2. The molecule has 1 saturated heterocycles. The van der Waals surface area contributed by atoms with E-state index < -0.39 is 0 Å². The van der Waals surface area contributed by atoms with Gasteiger partial charge in [0.05, 0.1) is 14.2 Å². The molecule has 2 aromatic carbocycles. The van der Waals surface area contributed by atoms with Crippen molar-refractivity contribution >= 4 is 17.4 Å². The van der Waals surface area contributed by atoms with Gasteiger partial charge in [-0.1, -0.05) is 6.07 Å². The van der Waals surface area contributed by atoms with Crippen LogP contribution in [0.3, 0.4) is 0 Å². The number of hydrogen-bond donors (Lipinski definition) is 2. The Hall–Kier alpha value is -2.89. The van der Waals surface area contributed by atoms with E-state index in [1.54, 1.807) is 14.2 Å². The Balaban J connectivity index is 1.45. The minimum absolute atomic E-state index is 0.204. The Kier molecular flexibility index (Phi) is 6.41. The van der Waals surface area contributed by atoms with Crippen LogP contribution in [-0.4, -0.2) is 39.9 Å². The number of carbonyl (C=O) groups is 1. The SMILES string of the molecule is COc1ccc(CCNC(=O)Nc2ccc(N3CCCC3)cc2)cc1OC. The summed E-state index contributed by atoms with van der Waals surface area (Å²) in [6.07, 6.45) is 3.21. The molecular formula is C21H27N3O3. The summed E-state index contributed by atoms with van der Waals surface area (Å²) in [4.78, 5) is 14.5. The second kappa shape index (κ2) is 9.16. The lowest BCUT2D eigenvalue weighted by molar-refractivity contribution is 0.252. The molecule has 0 bridgehead atoms. The first-order valence-corrected chi connectivity index (χ1v) is 9.30. The summed E-state index contributed by atoms with van der Waals surface area (Å²) < 4.78 is 10.5. The maximum absolute atomic E-state index is 12.1. The molecule has 0 saturated carbocycles. The Morgan fingerprint density at radius 2 is 1.70 bits per heavy atom. The summed E-state index contributed by atoms with van der Waals surface area (Å²) in [7, 11) is 3.23. The third-order valence-electron chi connectivity index (χ3n) is 4.74. The van der Waals surface area contributed by atoms with Crippen molar-refractivity contribution in [1.29, 1.82) is 0 Å². The summed E-state index contributed by atoms with van der Waals surface area (Å²) in [5.41, 5.74) is 3.08. The van der Waals surface area contributed by atoms with Crippen molar-refractivity contribution < 1.29 is 14.3 Å². The maximum atomic E-state index is 12.1. The molecule has 0 radical (unpaired) electrons. The van der Waals surface area contributed by atoms with Gasteiger partial charge < -0.3 is 25.0 Å². The first kappa shape index (κ1) is 18.9. The molecule has 6 heteroatoms. The summed E-state index contributed by atoms with van der Waals surface area (Å²) in [5, 5.41) is 5.76. The molecular weight excluding hydrogens is 342 g/mol. The van der Waals surface area contributed by atoms with Gasteiger partial charge in [0.2, 0.25) is 0 Å². The number of urea groups is 1. The van der Waals surface area contributed by atoms with Gasteiger partial charge in [0, 0.05) is 31.0 Å². The summed E-state index contributed by atoms with van der Waals surface area (Å²) in [6, 6.07) is 13.6. The summed E-state index contributed by atoms with van der Waals surface area (Å²) in [5.74, 6) is 1.39. The second-order valence-corrected chi connectivity index (χ2v) is 6.56. The van der Waals surface area contributed by atoms with Crippen LogP contribution in [0.25, 0.3) is 0 Å². The van der Waals surface area contributed by atoms with Crippen LogP contribution in [0, 0.1) is 0 Å². The van der Waals surface area contributed by atoms with Gasteiger partial charge in [0.15, 0.2) is 11.5 Å². The predicted octanol–water partition coefficient (Wildman–Crippen LogP) is 3.67. The van der Waals surface area contributed by atoms with Gasteiger partial charge in [-0.05, 0) is 61.2 Å². The fraction of sp³-hybridized carbons (Fsp3) is 0.381. The van der Waals surface area contributed by atoms with E-state index in [2.05, 4.69) is 27.7 Å². The van der Waals surface area contributed by atoms with Gasteiger partial charge in [-0.15, -0.1) is 0 Å². The lowest BCUT2D eigenvalue weighted by atomic mass is 10.1. The van der Waals surface area contributed by atoms with Crippen molar-refractivity contribution in [3.05, 3.63) is 48.0 Å². The van der Waals surface area contributed by atoms with E-state index in [0.717, 1.165) is 24.3 Å². The Morgan fingerprint density at radius 3 is 2.37 bits per heavy atom. The first-order chi connectivity index (χ1) is 13.2. The maximum Gasteiger partial charge on any atom is 0.319 e. The number of methoxy groups -OCH3 is 2. The van der Waals surface area contributed by atoms with Gasteiger partial charge >= 0.3 is 6.03 Å². The number of rotatable bonds is 7. The Labute approximate surface area is 160 Å². The lowest BCUT2D eigenvalue weighted by Crippen LogP contribution is -2.30. The minimum Gasteiger partial charge on any atom is -0.493 e. The van der Waals surface area contributed by atoms with Crippen molar-refractivity contribution in [1.82, 2.24) is 5.32 Å². The number of ether oxygens (including phenoxy) is 2. The number of nitrogens with zero attached hydrogens (tertiary/aromatic N) is 1. The van der Waals surface area contributed by atoms with E-state index in [4.69, 9.17) is 9.47 Å². The number of benzene rings is 2. The largest absolute Gasteiger partial charge is 0.493 e. The van der Waals surface area contributed by atoms with E-state index in [1.165, 1.54) is 18.5 Å². The highest BCUT2D eigenvalue weighted by atomic mass is 16.5. The highest BCUT2D eigenvalue weighted by molar-refractivity contribution is 5.89. The molecule has 1 heterocycles. The van der Waals surface area contributed by atoms with E-state index in [0.29, 0.717) is 24.5 Å². The molecule has 0 aliphatic carbocycles. The molecule has 1 aliphatic rings. The van der Waals surface area contributed by atoms with Gasteiger partial charge in [-0.2, -0.15) is 0 Å². The van der Waals surface area contributed by atoms with E-state index in [-0.39, 0.29) is 6.03 Å². The zero-order chi connectivity index (χ0) is 19.1. The molecule has 0 spiro atoms. The smallest absolute Gasteiger partial charge is 0.319 e. The zero-order valence-electron chi connectivity index (χ0n) is 16.0.